The zero-order chi connectivity index (χ0) is 17.2. The lowest BCUT2D eigenvalue weighted by Crippen LogP contribution is -2.35. The van der Waals surface area contributed by atoms with Crippen LogP contribution in [0.4, 0.5) is 0 Å². The van der Waals surface area contributed by atoms with Crippen LogP contribution in [0.5, 0.6) is 17.2 Å². The predicted octanol–water partition coefficient (Wildman–Crippen LogP) is 2.39. The molecule has 3 aromatic rings. The lowest BCUT2D eigenvalue weighted by molar-refractivity contribution is 0.0888. The van der Waals surface area contributed by atoms with Crippen molar-refractivity contribution >= 4 is 21.9 Å². The third-order valence-electron chi connectivity index (χ3n) is 4.78. The zero-order valence-electron chi connectivity index (χ0n) is 13.2. The second-order valence-corrected chi connectivity index (χ2v) is 6.57. The highest BCUT2D eigenvalue weighted by molar-refractivity contribution is 5.98. The van der Waals surface area contributed by atoms with Crippen molar-refractivity contribution in [2.75, 3.05) is 6.61 Å². The molecule has 1 aliphatic rings. The van der Waals surface area contributed by atoms with Gasteiger partial charge in [-0.2, -0.15) is 0 Å². The van der Waals surface area contributed by atoms with Gasteiger partial charge in [-0.3, -0.25) is 4.79 Å². The van der Waals surface area contributed by atoms with E-state index in [2.05, 4.69) is 0 Å². The number of phenols is 2. The maximum Gasteiger partial charge on any atom is 0.204 e. The summed E-state index contributed by atoms with van der Waals surface area (Å²) in [5, 5.41) is 30.1. The first-order valence-corrected chi connectivity index (χ1v) is 7.58. The van der Waals surface area contributed by atoms with E-state index in [-0.39, 0.29) is 40.0 Å². The summed E-state index contributed by atoms with van der Waals surface area (Å²) in [6.07, 6.45) is -0.525. The standard InChI is InChI=1S/C18H16O6/c1-18(2)12(7-19)23-11-6-10(21)13-15(22)8-4-3-5-9(20)16(8)24-17(13)14(11)18/h3-6,12,19-21H,7H2,1-2H3. The van der Waals surface area contributed by atoms with Crippen LogP contribution >= 0.6 is 0 Å². The van der Waals surface area contributed by atoms with E-state index in [9.17, 15) is 20.1 Å². The summed E-state index contributed by atoms with van der Waals surface area (Å²) >= 11 is 0. The van der Waals surface area contributed by atoms with Crippen LogP contribution in [0.2, 0.25) is 0 Å². The van der Waals surface area contributed by atoms with Crippen LogP contribution in [0.15, 0.2) is 33.5 Å². The first-order chi connectivity index (χ1) is 11.4. The van der Waals surface area contributed by atoms with Crippen LogP contribution in [0.25, 0.3) is 21.9 Å². The molecule has 1 atom stereocenters. The second kappa shape index (κ2) is 4.64. The fourth-order valence-electron chi connectivity index (χ4n) is 3.42. The summed E-state index contributed by atoms with van der Waals surface area (Å²) in [7, 11) is 0. The van der Waals surface area contributed by atoms with Crippen molar-refractivity contribution in [2.45, 2.75) is 25.4 Å². The SMILES string of the molecule is CC1(C)c2c(cc(O)c3c(=O)c4cccc(O)c4oc23)OC1CO. The van der Waals surface area contributed by atoms with Gasteiger partial charge in [0.15, 0.2) is 11.3 Å². The fraction of sp³-hybridized carbons (Fsp3) is 0.278. The van der Waals surface area contributed by atoms with Crippen molar-refractivity contribution in [3.05, 3.63) is 40.1 Å². The van der Waals surface area contributed by atoms with Crippen molar-refractivity contribution in [2.24, 2.45) is 0 Å². The molecule has 1 aliphatic heterocycles. The molecule has 0 spiro atoms. The van der Waals surface area contributed by atoms with Crippen LogP contribution in [-0.2, 0) is 5.41 Å². The molecular weight excluding hydrogens is 312 g/mol. The Labute approximate surface area is 136 Å². The minimum atomic E-state index is -0.635. The molecule has 0 aliphatic carbocycles. The van der Waals surface area contributed by atoms with Crippen LogP contribution < -0.4 is 10.2 Å². The molecule has 0 saturated carbocycles. The van der Waals surface area contributed by atoms with Crippen molar-refractivity contribution < 1.29 is 24.5 Å². The number of para-hydroxylation sites is 1. The minimum absolute atomic E-state index is 0.0436. The number of hydrogen-bond donors (Lipinski definition) is 3. The number of aliphatic hydroxyl groups is 1. The third-order valence-corrected chi connectivity index (χ3v) is 4.78. The molecule has 6 heteroatoms. The Kier molecular flexibility index (Phi) is 2.87. The van der Waals surface area contributed by atoms with Gasteiger partial charge in [-0.1, -0.05) is 19.9 Å². The average molecular weight is 328 g/mol. The molecule has 124 valence electrons. The molecule has 4 rings (SSSR count). The number of benzene rings is 2. The van der Waals surface area contributed by atoms with Crippen LogP contribution in [0.3, 0.4) is 0 Å². The molecule has 0 bridgehead atoms. The summed E-state index contributed by atoms with van der Waals surface area (Å²) < 4.78 is 11.5. The van der Waals surface area contributed by atoms with Gasteiger partial charge in [0, 0.05) is 17.0 Å². The first-order valence-electron chi connectivity index (χ1n) is 7.58. The Bertz CT molecular complexity index is 1050. The van der Waals surface area contributed by atoms with Gasteiger partial charge in [0.2, 0.25) is 5.43 Å². The Morgan fingerprint density at radius 2 is 1.92 bits per heavy atom. The van der Waals surface area contributed by atoms with Gasteiger partial charge in [-0.05, 0) is 12.1 Å². The Hall–Kier alpha value is -2.73. The van der Waals surface area contributed by atoms with E-state index < -0.39 is 16.9 Å². The number of rotatable bonds is 1. The van der Waals surface area contributed by atoms with Gasteiger partial charge in [-0.15, -0.1) is 0 Å². The largest absolute Gasteiger partial charge is 0.507 e. The molecule has 3 N–H and O–H groups in total. The van der Waals surface area contributed by atoms with Crippen molar-refractivity contribution in [3.63, 3.8) is 0 Å². The maximum atomic E-state index is 12.8. The average Bonchev–Trinajstić information content (AvgIpc) is 2.78. The molecule has 6 nitrogen and oxygen atoms in total. The first kappa shape index (κ1) is 14.8. The second-order valence-electron chi connectivity index (χ2n) is 6.57. The van der Waals surface area contributed by atoms with Crippen LogP contribution in [-0.4, -0.2) is 28.0 Å². The van der Waals surface area contributed by atoms with Gasteiger partial charge in [-0.25, -0.2) is 0 Å². The maximum absolute atomic E-state index is 12.8. The van der Waals surface area contributed by atoms with E-state index in [4.69, 9.17) is 9.15 Å². The van der Waals surface area contributed by atoms with Crippen molar-refractivity contribution in [1.29, 1.82) is 0 Å². The number of ether oxygens (including phenoxy) is 1. The van der Waals surface area contributed by atoms with E-state index in [1.54, 1.807) is 6.07 Å². The molecular formula is C18H16O6. The van der Waals surface area contributed by atoms with E-state index in [1.165, 1.54) is 18.2 Å². The number of aliphatic hydroxyl groups excluding tert-OH is 1. The summed E-state index contributed by atoms with van der Waals surface area (Å²) in [4.78, 5) is 12.8. The Morgan fingerprint density at radius 1 is 1.17 bits per heavy atom. The molecule has 2 heterocycles. The van der Waals surface area contributed by atoms with Gasteiger partial charge in [0.25, 0.3) is 0 Å². The predicted molar refractivity (Wildman–Crippen MR) is 87.8 cm³/mol. The quantitative estimate of drug-likeness (QED) is 0.593. The molecule has 0 amide bonds. The van der Waals surface area contributed by atoms with E-state index in [1.807, 2.05) is 13.8 Å². The minimum Gasteiger partial charge on any atom is -0.507 e. The Morgan fingerprint density at radius 3 is 2.62 bits per heavy atom. The van der Waals surface area contributed by atoms with E-state index >= 15 is 0 Å². The summed E-state index contributed by atoms with van der Waals surface area (Å²) in [5.74, 6) is -0.0434. The smallest absolute Gasteiger partial charge is 0.204 e. The lowest BCUT2D eigenvalue weighted by Gasteiger charge is -2.24. The highest BCUT2D eigenvalue weighted by Crippen LogP contribution is 2.49. The summed E-state index contributed by atoms with van der Waals surface area (Å²) in [6, 6.07) is 5.88. The van der Waals surface area contributed by atoms with Gasteiger partial charge in [0.05, 0.1) is 12.0 Å². The summed E-state index contributed by atoms with van der Waals surface area (Å²) in [5.41, 5.74) is -0.234. The van der Waals surface area contributed by atoms with E-state index in [0.717, 1.165) is 0 Å². The van der Waals surface area contributed by atoms with Gasteiger partial charge >= 0.3 is 0 Å². The molecule has 1 aromatic heterocycles. The van der Waals surface area contributed by atoms with Crippen LogP contribution in [0.1, 0.15) is 19.4 Å². The number of phenolic OH excluding ortho intramolecular Hbond substituents is 2. The number of aromatic hydroxyl groups is 2. The normalized spacial score (nSPS) is 18.7. The fourth-order valence-corrected chi connectivity index (χ4v) is 3.42. The van der Waals surface area contributed by atoms with Crippen molar-refractivity contribution in [3.8, 4) is 17.2 Å². The summed E-state index contributed by atoms with van der Waals surface area (Å²) in [6.45, 7) is 3.52. The van der Waals surface area contributed by atoms with Crippen molar-refractivity contribution in [1.82, 2.24) is 0 Å². The Balaban J connectivity index is 2.23. The monoisotopic (exact) mass is 328 g/mol. The molecule has 0 radical (unpaired) electrons. The van der Waals surface area contributed by atoms with Gasteiger partial charge < -0.3 is 24.5 Å². The molecule has 24 heavy (non-hydrogen) atoms. The van der Waals surface area contributed by atoms with E-state index in [0.29, 0.717) is 11.3 Å². The molecule has 0 saturated heterocycles. The number of fused-ring (bicyclic) bond motifs is 4. The molecule has 1 unspecified atom stereocenters. The third kappa shape index (κ3) is 1.71. The highest BCUT2D eigenvalue weighted by Gasteiger charge is 2.44. The zero-order valence-corrected chi connectivity index (χ0v) is 13.2. The lowest BCUT2D eigenvalue weighted by atomic mass is 9.80. The molecule has 2 aromatic carbocycles. The van der Waals surface area contributed by atoms with Gasteiger partial charge in [0.1, 0.15) is 28.6 Å². The number of hydrogen-bond acceptors (Lipinski definition) is 6. The van der Waals surface area contributed by atoms with Crippen LogP contribution in [0, 0.1) is 0 Å². The molecule has 0 fully saturated rings. The highest BCUT2D eigenvalue weighted by atomic mass is 16.5. The topological polar surface area (TPSA) is 100 Å².